The van der Waals surface area contributed by atoms with Gasteiger partial charge in [0.05, 0.1) is 11.3 Å². The maximum atomic E-state index is 13.1. The van der Waals surface area contributed by atoms with Crippen molar-refractivity contribution in [3.63, 3.8) is 0 Å². The van der Waals surface area contributed by atoms with Crippen LogP contribution in [-0.4, -0.2) is 47.8 Å². The van der Waals surface area contributed by atoms with Gasteiger partial charge in [-0.3, -0.25) is 4.79 Å². The standard InChI is InChI=1S/C17H25F3N2O3/c18-17(19,20)13-6-2-1-4-11(13)8-21-15(25)22-9-12-5-3-7-16(12,10-22)14(23)24/h11-13H,1-10H2,(H,21,25)(H,23,24)/t11?,12-,13?,16+/m0/s1. The van der Waals surface area contributed by atoms with Crippen LogP contribution in [0.15, 0.2) is 0 Å². The van der Waals surface area contributed by atoms with Crippen molar-refractivity contribution in [2.75, 3.05) is 19.6 Å². The van der Waals surface area contributed by atoms with Crippen molar-refractivity contribution < 1.29 is 27.9 Å². The molecule has 2 saturated carbocycles. The number of fused-ring (bicyclic) bond motifs is 1. The minimum absolute atomic E-state index is 0.00421. The van der Waals surface area contributed by atoms with Crippen molar-refractivity contribution in [2.45, 2.75) is 51.1 Å². The van der Waals surface area contributed by atoms with Gasteiger partial charge in [-0.25, -0.2) is 4.79 Å². The van der Waals surface area contributed by atoms with Crippen molar-refractivity contribution >= 4 is 12.0 Å². The van der Waals surface area contributed by atoms with E-state index in [0.29, 0.717) is 25.8 Å². The van der Waals surface area contributed by atoms with E-state index in [9.17, 15) is 27.9 Å². The molecular formula is C17H25F3N2O3. The third kappa shape index (κ3) is 3.44. The van der Waals surface area contributed by atoms with Gasteiger partial charge in [-0.05, 0) is 37.5 Å². The molecule has 2 aliphatic carbocycles. The Morgan fingerprint density at radius 3 is 2.52 bits per heavy atom. The van der Waals surface area contributed by atoms with E-state index >= 15 is 0 Å². The number of halogens is 3. The maximum absolute atomic E-state index is 13.1. The van der Waals surface area contributed by atoms with Crippen LogP contribution in [0.1, 0.15) is 44.9 Å². The number of nitrogens with one attached hydrogen (secondary N) is 1. The van der Waals surface area contributed by atoms with Crippen molar-refractivity contribution in [1.29, 1.82) is 0 Å². The molecule has 0 aromatic heterocycles. The second-order valence-corrected chi connectivity index (χ2v) is 7.81. The topological polar surface area (TPSA) is 69.6 Å². The van der Waals surface area contributed by atoms with Crippen LogP contribution in [0.5, 0.6) is 0 Å². The zero-order chi connectivity index (χ0) is 18.2. The van der Waals surface area contributed by atoms with E-state index in [4.69, 9.17) is 0 Å². The van der Waals surface area contributed by atoms with Crippen molar-refractivity contribution in [3.8, 4) is 0 Å². The number of hydrogen-bond donors (Lipinski definition) is 2. The summed E-state index contributed by atoms with van der Waals surface area (Å²) in [4.78, 5) is 25.5. The predicted octanol–water partition coefficient (Wildman–Crippen LogP) is 3.25. The summed E-state index contributed by atoms with van der Waals surface area (Å²) < 4.78 is 39.4. The lowest BCUT2D eigenvalue weighted by Crippen LogP contribution is -2.45. The molecule has 8 heteroatoms. The molecule has 5 nitrogen and oxygen atoms in total. The number of nitrogens with zero attached hydrogens (tertiary/aromatic N) is 1. The molecule has 0 aromatic carbocycles. The van der Waals surface area contributed by atoms with Gasteiger partial charge in [-0.2, -0.15) is 13.2 Å². The highest BCUT2D eigenvalue weighted by Gasteiger charge is 2.56. The second kappa shape index (κ2) is 6.68. The van der Waals surface area contributed by atoms with Gasteiger partial charge in [0.25, 0.3) is 0 Å². The second-order valence-electron chi connectivity index (χ2n) is 7.81. The van der Waals surface area contributed by atoms with Crippen LogP contribution in [0, 0.1) is 23.2 Å². The number of rotatable bonds is 3. The third-order valence-corrected chi connectivity index (χ3v) is 6.43. The van der Waals surface area contributed by atoms with Crippen LogP contribution in [0.3, 0.4) is 0 Å². The number of carbonyl (C=O) groups excluding carboxylic acids is 1. The Hall–Kier alpha value is -1.47. The lowest BCUT2D eigenvalue weighted by Gasteiger charge is -2.33. The molecule has 2 amide bonds. The van der Waals surface area contributed by atoms with E-state index in [1.54, 1.807) is 0 Å². The maximum Gasteiger partial charge on any atom is 0.392 e. The molecule has 1 saturated heterocycles. The third-order valence-electron chi connectivity index (χ3n) is 6.43. The molecule has 1 aliphatic heterocycles. The molecule has 0 bridgehead atoms. The summed E-state index contributed by atoms with van der Waals surface area (Å²) in [6, 6.07) is -0.429. The average molecular weight is 362 g/mol. The van der Waals surface area contributed by atoms with Crippen molar-refractivity contribution in [1.82, 2.24) is 10.2 Å². The SMILES string of the molecule is O=C(NCC1CCCCC1C(F)(F)F)N1C[C@@H]2CCC[C@@]2(C(=O)O)C1. The van der Waals surface area contributed by atoms with E-state index < -0.39 is 35.4 Å². The van der Waals surface area contributed by atoms with Crippen LogP contribution < -0.4 is 5.32 Å². The first kappa shape index (κ1) is 18.3. The zero-order valence-corrected chi connectivity index (χ0v) is 14.1. The molecule has 1 heterocycles. The van der Waals surface area contributed by atoms with Crippen LogP contribution >= 0.6 is 0 Å². The smallest absolute Gasteiger partial charge is 0.392 e. The zero-order valence-electron chi connectivity index (χ0n) is 14.1. The molecule has 4 atom stereocenters. The highest BCUT2D eigenvalue weighted by Crippen LogP contribution is 2.49. The predicted molar refractivity (Wildman–Crippen MR) is 83.9 cm³/mol. The summed E-state index contributed by atoms with van der Waals surface area (Å²) >= 11 is 0. The summed E-state index contributed by atoms with van der Waals surface area (Å²) in [6.45, 7) is 0.544. The quantitative estimate of drug-likeness (QED) is 0.810. The molecule has 142 valence electrons. The summed E-state index contributed by atoms with van der Waals surface area (Å²) in [5.74, 6) is -2.86. The Morgan fingerprint density at radius 2 is 1.88 bits per heavy atom. The summed E-state index contributed by atoms with van der Waals surface area (Å²) in [5, 5.41) is 12.2. The van der Waals surface area contributed by atoms with E-state index in [2.05, 4.69) is 5.32 Å². The van der Waals surface area contributed by atoms with Gasteiger partial charge >= 0.3 is 18.2 Å². The number of amides is 2. The molecular weight excluding hydrogens is 337 g/mol. The summed E-state index contributed by atoms with van der Waals surface area (Å²) in [5.41, 5.74) is -0.864. The van der Waals surface area contributed by atoms with Crippen molar-refractivity contribution in [2.24, 2.45) is 23.2 Å². The highest BCUT2D eigenvalue weighted by molar-refractivity contribution is 5.80. The van der Waals surface area contributed by atoms with E-state index in [0.717, 1.165) is 19.3 Å². The Morgan fingerprint density at radius 1 is 1.16 bits per heavy atom. The minimum Gasteiger partial charge on any atom is -0.481 e. The molecule has 25 heavy (non-hydrogen) atoms. The number of aliphatic carboxylic acids is 1. The first-order valence-electron chi connectivity index (χ1n) is 9.07. The molecule has 2 N–H and O–H groups in total. The van der Waals surface area contributed by atoms with Gasteiger partial charge in [0, 0.05) is 19.6 Å². The van der Waals surface area contributed by atoms with Crippen LogP contribution in [0.4, 0.5) is 18.0 Å². The van der Waals surface area contributed by atoms with Crippen molar-refractivity contribution in [3.05, 3.63) is 0 Å². The highest BCUT2D eigenvalue weighted by atomic mass is 19.4. The van der Waals surface area contributed by atoms with Gasteiger partial charge in [0.1, 0.15) is 0 Å². The first-order valence-corrected chi connectivity index (χ1v) is 9.07. The molecule has 3 fully saturated rings. The lowest BCUT2D eigenvalue weighted by atomic mass is 9.79. The molecule has 0 spiro atoms. The Labute approximate surface area is 144 Å². The monoisotopic (exact) mass is 362 g/mol. The summed E-state index contributed by atoms with van der Waals surface area (Å²) in [7, 11) is 0. The fourth-order valence-corrected chi connectivity index (χ4v) is 5.01. The number of carboxylic acid groups (broad SMARTS) is 1. The van der Waals surface area contributed by atoms with Gasteiger partial charge in [0.2, 0.25) is 0 Å². The first-order chi connectivity index (χ1) is 11.7. The number of carbonyl (C=O) groups is 2. The lowest BCUT2D eigenvalue weighted by molar-refractivity contribution is -0.195. The van der Waals surface area contributed by atoms with Gasteiger partial charge in [-0.15, -0.1) is 0 Å². The van der Waals surface area contributed by atoms with Crippen LogP contribution in [0.25, 0.3) is 0 Å². The van der Waals surface area contributed by atoms with E-state index in [1.165, 1.54) is 4.90 Å². The van der Waals surface area contributed by atoms with Crippen LogP contribution in [0.2, 0.25) is 0 Å². The average Bonchev–Trinajstić information content (AvgIpc) is 3.10. The van der Waals surface area contributed by atoms with Gasteiger partial charge in [0.15, 0.2) is 0 Å². The number of likely N-dealkylation sites (tertiary alicyclic amines) is 1. The number of hydrogen-bond acceptors (Lipinski definition) is 2. The Balaban J connectivity index is 1.57. The van der Waals surface area contributed by atoms with E-state index in [-0.39, 0.29) is 25.4 Å². The fourth-order valence-electron chi connectivity index (χ4n) is 5.01. The largest absolute Gasteiger partial charge is 0.481 e. The number of carboxylic acids is 1. The van der Waals surface area contributed by atoms with Crippen LogP contribution in [-0.2, 0) is 4.79 Å². The molecule has 3 aliphatic rings. The number of alkyl halides is 3. The van der Waals surface area contributed by atoms with Gasteiger partial charge in [-0.1, -0.05) is 19.3 Å². The molecule has 2 unspecified atom stereocenters. The Bertz CT molecular complexity index is 540. The fraction of sp³-hybridized carbons (Fsp3) is 0.882. The molecule has 0 radical (unpaired) electrons. The Kier molecular flexibility index (Phi) is 4.90. The minimum atomic E-state index is -4.23. The van der Waals surface area contributed by atoms with Gasteiger partial charge < -0.3 is 15.3 Å². The molecule has 0 aromatic rings. The van der Waals surface area contributed by atoms with E-state index in [1.807, 2.05) is 0 Å². The number of urea groups is 1. The normalized spacial score (nSPS) is 35.5. The summed E-state index contributed by atoms with van der Waals surface area (Å²) in [6.07, 6.45) is -0.116. The molecule has 3 rings (SSSR count).